The highest BCUT2D eigenvalue weighted by atomic mass is 32.1. The number of nitrogens with zero attached hydrogens (tertiary/aromatic N) is 2. The predicted octanol–water partition coefficient (Wildman–Crippen LogP) is 4.17. The number of para-hydroxylation sites is 2. The number of imidazole rings is 1. The average Bonchev–Trinajstić information content (AvgIpc) is 3.23. The molecule has 0 amide bonds. The maximum atomic E-state index is 13.1. The summed E-state index contributed by atoms with van der Waals surface area (Å²) in [6.45, 7) is 4.13. The molecule has 0 aliphatic heterocycles. The van der Waals surface area contributed by atoms with Gasteiger partial charge in [-0.15, -0.1) is 0 Å². The van der Waals surface area contributed by atoms with Crippen molar-refractivity contribution in [2.75, 3.05) is 6.61 Å². The molecule has 0 aliphatic carbocycles. The third kappa shape index (κ3) is 2.60. The molecule has 0 atom stereocenters. The van der Waals surface area contributed by atoms with Gasteiger partial charge in [0.05, 0.1) is 15.6 Å². The number of ether oxygens (including phenoxy) is 1. The second kappa shape index (κ2) is 6.62. The lowest BCUT2D eigenvalue weighted by atomic mass is 10.0. The lowest BCUT2D eigenvalue weighted by molar-refractivity contribution is 0.363. The second-order valence-corrected chi connectivity index (χ2v) is 7.44. The van der Waals surface area contributed by atoms with Crippen LogP contribution in [0.3, 0.4) is 0 Å². The summed E-state index contributed by atoms with van der Waals surface area (Å²) in [6, 6.07) is 19.7. The first-order valence-electron chi connectivity index (χ1n) is 8.93. The Morgan fingerprint density at radius 1 is 1.07 bits per heavy atom. The smallest absolute Gasteiger partial charge is 0.274 e. The molecule has 0 fully saturated rings. The van der Waals surface area contributed by atoms with E-state index in [-0.39, 0.29) is 5.56 Å². The quantitative estimate of drug-likeness (QED) is 0.437. The molecule has 0 unspecified atom stereocenters. The number of fused-ring (bicyclic) bond motifs is 4. The molecule has 2 heterocycles. The van der Waals surface area contributed by atoms with Crippen LogP contribution in [0.1, 0.15) is 5.56 Å². The highest BCUT2D eigenvalue weighted by molar-refractivity contribution is 7.15. The first-order valence-corrected chi connectivity index (χ1v) is 9.75. The Labute approximate surface area is 164 Å². The molecule has 0 spiro atoms. The number of hydrogen-bond donors (Lipinski definition) is 0. The van der Waals surface area contributed by atoms with E-state index < -0.39 is 0 Å². The fourth-order valence-electron chi connectivity index (χ4n) is 3.44. The van der Waals surface area contributed by atoms with Gasteiger partial charge in [-0.25, -0.2) is 9.38 Å². The van der Waals surface area contributed by atoms with Gasteiger partial charge in [-0.1, -0.05) is 66.5 Å². The van der Waals surface area contributed by atoms with Crippen LogP contribution in [0.15, 0.2) is 78.1 Å². The second-order valence-electron chi connectivity index (χ2n) is 6.43. The van der Waals surface area contributed by atoms with E-state index in [4.69, 9.17) is 4.74 Å². The van der Waals surface area contributed by atoms with E-state index in [1.54, 1.807) is 10.5 Å². The highest BCUT2D eigenvalue weighted by Gasteiger charge is 2.12. The minimum Gasteiger partial charge on any atom is -0.489 e. The largest absolute Gasteiger partial charge is 0.489 e. The Morgan fingerprint density at radius 3 is 2.79 bits per heavy atom. The Morgan fingerprint density at radius 2 is 1.89 bits per heavy atom. The van der Waals surface area contributed by atoms with Crippen LogP contribution in [0, 0.1) is 0 Å². The fraction of sp³-hybridized carbons (Fsp3) is 0.0435. The molecule has 0 bridgehead atoms. The van der Waals surface area contributed by atoms with Crippen molar-refractivity contribution in [1.29, 1.82) is 0 Å². The molecule has 0 radical (unpaired) electrons. The van der Waals surface area contributed by atoms with Gasteiger partial charge in [-0.05, 0) is 35.0 Å². The standard InChI is InChI=1S/C23H16N2O2S/c1-2-13-27-20-12-11-15-7-3-4-8-16(15)17(20)14-21-22(26)25-19-10-6-5-9-18(19)24-23(25)28-21/h2-12,14H,1,13H2. The van der Waals surface area contributed by atoms with Crippen LogP contribution < -0.4 is 14.8 Å². The summed E-state index contributed by atoms with van der Waals surface area (Å²) in [5.41, 5.74) is 2.50. The van der Waals surface area contributed by atoms with Crippen molar-refractivity contribution in [1.82, 2.24) is 9.38 Å². The average molecular weight is 384 g/mol. The van der Waals surface area contributed by atoms with E-state index in [1.165, 1.54) is 11.3 Å². The topological polar surface area (TPSA) is 43.6 Å². The van der Waals surface area contributed by atoms with Crippen LogP contribution >= 0.6 is 11.3 Å². The number of hydrogen-bond acceptors (Lipinski definition) is 4. The van der Waals surface area contributed by atoms with E-state index in [2.05, 4.69) is 17.6 Å². The van der Waals surface area contributed by atoms with Gasteiger partial charge in [-0.3, -0.25) is 4.79 Å². The molecular formula is C23H16N2O2S. The van der Waals surface area contributed by atoms with Crippen LogP contribution in [-0.4, -0.2) is 16.0 Å². The first-order chi connectivity index (χ1) is 13.8. The van der Waals surface area contributed by atoms with Gasteiger partial charge in [0.2, 0.25) is 0 Å². The molecular weight excluding hydrogens is 368 g/mol. The van der Waals surface area contributed by atoms with Crippen LogP contribution in [-0.2, 0) is 0 Å². The Bertz CT molecular complexity index is 1460. The van der Waals surface area contributed by atoms with Crippen LogP contribution in [0.5, 0.6) is 5.75 Å². The van der Waals surface area contributed by atoms with E-state index in [0.717, 1.165) is 33.1 Å². The zero-order chi connectivity index (χ0) is 19.1. The van der Waals surface area contributed by atoms with E-state index in [0.29, 0.717) is 16.1 Å². The van der Waals surface area contributed by atoms with Crippen molar-refractivity contribution in [2.24, 2.45) is 0 Å². The SMILES string of the molecule is C=CCOc1ccc2ccccc2c1C=c1sc2nc3ccccc3n2c1=O. The van der Waals surface area contributed by atoms with Gasteiger partial charge in [0, 0.05) is 5.56 Å². The van der Waals surface area contributed by atoms with Crippen molar-refractivity contribution in [3.8, 4) is 5.75 Å². The number of thiazole rings is 1. The van der Waals surface area contributed by atoms with Gasteiger partial charge in [0.1, 0.15) is 12.4 Å². The maximum Gasteiger partial charge on any atom is 0.274 e. The summed E-state index contributed by atoms with van der Waals surface area (Å²) >= 11 is 1.39. The van der Waals surface area contributed by atoms with E-state index in [1.807, 2.05) is 60.7 Å². The predicted molar refractivity (Wildman–Crippen MR) is 115 cm³/mol. The third-order valence-corrected chi connectivity index (χ3v) is 5.68. The summed E-state index contributed by atoms with van der Waals surface area (Å²) in [5, 5.41) is 2.14. The van der Waals surface area contributed by atoms with Crippen molar-refractivity contribution in [3.63, 3.8) is 0 Å². The van der Waals surface area contributed by atoms with Crippen molar-refractivity contribution < 1.29 is 4.74 Å². The molecule has 0 aliphatic rings. The van der Waals surface area contributed by atoms with E-state index in [9.17, 15) is 4.79 Å². The first kappa shape index (κ1) is 16.7. The zero-order valence-electron chi connectivity index (χ0n) is 15.0. The highest BCUT2D eigenvalue weighted by Crippen LogP contribution is 2.29. The molecule has 0 saturated heterocycles. The van der Waals surface area contributed by atoms with Crippen LogP contribution in [0.2, 0.25) is 0 Å². The number of rotatable bonds is 4. The zero-order valence-corrected chi connectivity index (χ0v) is 15.8. The molecule has 5 aromatic rings. The van der Waals surface area contributed by atoms with Gasteiger partial charge >= 0.3 is 0 Å². The molecule has 0 saturated carbocycles. The Balaban J connectivity index is 1.81. The van der Waals surface area contributed by atoms with E-state index >= 15 is 0 Å². The summed E-state index contributed by atoms with van der Waals surface area (Å²) in [4.78, 5) is 18.4. The van der Waals surface area contributed by atoms with Crippen molar-refractivity contribution in [2.45, 2.75) is 0 Å². The summed E-state index contributed by atoms with van der Waals surface area (Å²) in [7, 11) is 0. The number of aromatic nitrogens is 2. The van der Waals surface area contributed by atoms with Gasteiger partial charge in [0.25, 0.3) is 5.56 Å². The lowest BCUT2D eigenvalue weighted by Crippen LogP contribution is -2.22. The third-order valence-electron chi connectivity index (χ3n) is 4.71. The maximum absolute atomic E-state index is 13.1. The molecule has 3 aromatic carbocycles. The molecule has 28 heavy (non-hydrogen) atoms. The normalized spacial score (nSPS) is 12.2. The van der Waals surface area contributed by atoms with Gasteiger partial charge < -0.3 is 4.74 Å². The summed E-state index contributed by atoms with van der Waals surface area (Å²) in [5.74, 6) is 0.730. The van der Waals surface area contributed by atoms with Crippen LogP contribution in [0.4, 0.5) is 0 Å². The molecule has 5 heteroatoms. The van der Waals surface area contributed by atoms with Gasteiger partial charge in [0.15, 0.2) is 4.96 Å². The molecule has 4 nitrogen and oxygen atoms in total. The Hall–Kier alpha value is -3.44. The lowest BCUT2D eigenvalue weighted by Gasteiger charge is -2.10. The fourth-order valence-corrected chi connectivity index (χ4v) is 4.41. The minimum absolute atomic E-state index is 0.0590. The summed E-state index contributed by atoms with van der Waals surface area (Å²) in [6.07, 6.45) is 3.63. The molecule has 0 N–H and O–H groups in total. The molecule has 5 rings (SSSR count). The van der Waals surface area contributed by atoms with Crippen molar-refractivity contribution >= 4 is 44.2 Å². The monoisotopic (exact) mass is 384 g/mol. The molecule has 136 valence electrons. The van der Waals surface area contributed by atoms with Gasteiger partial charge in [-0.2, -0.15) is 0 Å². The Kier molecular flexibility index (Phi) is 3.95. The molecule has 2 aromatic heterocycles. The van der Waals surface area contributed by atoms with Crippen molar-refractivity contribution in [3.05, 3.63) is 93.8 Å². The summed E-state index contributed by atoms with van der Waals surface area (Å²) < 4.78 is 8.18. The van der Waals surface area contributed by atoms with Crippen LogP contribution in [0.25, 0.3) is 32.8 Å². The minimum atomic E-state index is -0.0590. The number of benzene rings is 3.